The van der Waals surface area contributed by atoms with Crippen LogP contribution in [0.2, 0.25) is 0 Å². The Kier molecular flexibility index (Phi) is 2.82. The van der Waals surface area contributed by atoms with Crippen LogP contribution in [0.5, 0.6) is 0 Å². The van der Waals surface area contributed by atoms with E-state index in [9.17, 15) is 0 Å². The van der Waals surface area contributed by atoms with Gasteiger partial charge in [0.2, 0.25) is 0 Å². The maximum absolute atomic E-state index is 5.18. The van der Waals surface area contributed by atoms with Gasteiger partial charge in [0.25, 0.3) is 0 Å². The molecule has 0 N–H and O–H groups in total. The van der Waals surface area contributed by atoms with Gasteiger partial charge in [-0.25, -0.2) is 9.78 Å². The van der Waals surface area contributed by atoms with E-state index in [1.54, 1.807) is 0 Å². The smallest absolute Gasteiger partial charge is 0.198 e. The summed E-state index contributed by atoms with van der Waals surface area (Å²) in [5, 5.41) is 0. The van der Waals surface area contributed by atoms with Gasteiger partial charge < -0.3 is 4.74 Å². The van der Waals surface area contributed by atoms with E-state index >= 15 is 0 Å². The molecular formula is C11H14O3. The predicted molar refractivity (Wildman–Crippen MR) is 51.5 cm³/mol. The van der Waals surface area contributed by atoms with Crippen molar-refractivity contribution in [2.24, 2.45) is 0 Å². The van der Waals surface area contributed by atoms with Crippen LogP contribution in [-0.4, -0.2) is 13.1 Å². The summed E-state index contributed by atoms with van der Waals surface area (Å²) >= 11 is 0. The number of rotatable bonds is 2. The van der Waals surface area contributed by atoms with Crippen LogP contribution < -0.4 is 0 Å². The molecule has 3 nitrogen and oxygen atoms in total. The van der Waals surface area contributed by atoms with Gasteiger partial charge in [0.15, 0.2) is 13.1 Å². The summed E-state index contributed by atoms with van der Waals surface area (Å²) in [5.74, 6) is 0. The minimum absolute atomic E-state index is 0.232. The van der Waals surface area contributed by atoms with E-state index in [0.717, 1.165) is 6.42 Å². The summed E-state index contributed by atoms with van der Waals surface area (Å²) < 4.78 is 5.18. The molecular weight excluding hydrogens is 180 g/mol. The third kappa shape index (κ3) is 2.12. The fourth-order valence-corrected chi connectivity index (χ4v) is 1.45. The van der Waals surface area contributed by atoms with Crippen molar-refractivity contribution in [1.82, 2.24) is 0 Å². The van der Waals surface area contributed by atoms with Gasteiger partial charge in [0.1, 0.15) is 0 Å². The third-order valence-corrected chi connectivity index (χ3v) is 2.45. The predicted octanol–water partition coefficient (Wildman–Crippen LogP) is 2.11. The van der Waals surface area contributed by atoms with E-state index in [2.05, 4.69) is 36.9 Å². The van der Waals surface area contributed by atoms with Crippen LogP contribution >= 0.6 is 0 Å². The summed E-state index contributed by atoms with van der Waals surface area (Å²) in [6.45, 7) is 4.44. The van der Waals surface area contributed by atoms with Crippen molar-refractivity contribution >= 4 is 0 Å². The summed E-state index contributed by atoms with van der Waals surface area (Å²) in [5.41, 5.74) is 3.81. The summed E-state index contributed by atoms with van der Waals surface area (Å²) in [6.07, 6.45) is 0.485. The molecule has 1 saturated heterocycles. The molecule has 1 fully saturated rings. The molecule has 1 aromatic rings. The van der Waals surface area contributed by atoms with Gasteiger partial charge in [0.05, 0.1) is 0 Å². The standard InChI is InChI=1S/C11H14O3/c1-8-3-4-10(5-9(8)2)6-11-12-7-13-14-11/h3-5,11H,6-7H2,1-2H3. The molecule has 14 heavy (non-hydrogen) atoms. The summed E-state index contributed by atoms with van der Waals surface area (Å²) in [4.78, 5) is 9.57. The van der Waals surface area contributed by atoms with Gasteiger partial charge in [0, 0.05) is 6.42 Å². The zero-order valence-corrected chi connectivity index (χ0v) is 8.45. The molecule has 2 rings (SSSR count). The molecule has 0 aliphatic carbocycles. The van der Waals surface area contributed by atoms with Crippen molar-refractivity contribution in [3.05, 3.63) is 34.9 Å². The Balaban J connectivity index is 2.05. The molecule has 1 aromatic carbocycles. The van der Waals surface area contributed by atoms with Crippen LogP contribution in [0.3, 0.4) is 0 Å². The van der Waals surface area contributed by atoms with Crippen LogP contribution in [0.15, 0.2) is 18.2 Å². The second-order valence-electron chi connectivity index (χ2n) is 3.55. The second-order valence-corrected chi connectivity index (χ2v) is 3.55. The maximum Gasteiger partial charge on any atom is 0.198 e. The Morgan fingerprint density at radius 1 is 1.29 bits per heavy atom. The largest absolute Gasteiger partial charge is 0.320 e. The maximum atomic E-state index is 5.18. The van der Waals surface area contributed by atoms with Crippen molar-refractivity contribution < 1.29 is 14.5 Å². The Hall–Kier alpha value is -0.900. The molecule has 0 saturated carbocycles. The molecule has 76 valence electrons. The highest BCUT2D eigenvalue weighted by molar-refractivity contribution is 5.30. The first-order valence-electron chi connectivity index (χ1n) is 4.72. The van der Waals surface area contributed by atoms with E-state index in [1.807, 2.05) is 0 Å². The van der Waals surface area contributed by atoms with Gasteiger partial charge in [-0.05, 0) is 30.5 Å². The number of aryl methyl sites for hydroxylation is 2. The molecule has 1 aliphatic heterocycles. The van der Waals surface area contributed by atoms with Gasteiger partial charge in [-0.1, -0.05) is 18.2 Å². The Labute approximate surface area is 83.5 Å². The van der Waals surface area contributed by atoms with Gasteiger partial charge in [-0.2, -0.15) is 0 Å². The van der Waals surface area contributed by atoms with Crippen LogP contribution in [0.25, 0.3) is 0 Å². The van der Waals surface area contributed by atoms with Gasteiger partial charge in [-0.15, -0.1) is 0 Å². The minimum Gasteiger partial charge on any atom is -0.320 e. The van der Waals surface area contributed by atoms with E-state index < -0.39 is 0 Å². The first-order valence-corrected chi connectivity index (χ1v) is 4.72. The SMILES string of the molecule is Cc1ccc(CC2OCOO2)cc1C. The van der Waals surface area contributed by atoms with Gasteiger partial charge in [-0.3, -0.25) is 0 Å². The molecule has 1 aliphatic rings. The number of ether oxygens (including phenoxy) is 1. The Morgan fingerprint density at radius 2 is 2.14 bits per heavy atom. The van der Waals surface area contributed by atoms with E-state index in [1.165, 1.54) is 16.7 Å². The van der Waals surface area contributed by atoms with Crippen molar-refractivity contribution in [2.75, 3.05) is 6.79 Å². The van der Waals surface area contributed by atoms with Crippen LogP contribution in [0.1, 0.15) is 16.7 Å². The zero-order chi connectivity index (χ0) is 9.97. The first-order chi connectivity index (χ1) is 6.75. The molecule has 0 radical (unpaired) electrons. The average Bonchev–Trinajstić information content (AvgIpc) is 2.64. The van der Waals surface area contributed by atoms with E-state index in [4.69, 9.17) is 9.62 Å². The monoisotopic (exact) mass is 194 g/mol. The van der Waals surface area contributed by atoms with Crippen molar-refractivity contribution in [2.45, 2.75) is 26.6 Å². The van der Waals surface area contributed by atoms with E-state index in [0.29, 0.717) is 0 Å². The number of hydrogen-bond donors (Lipinski definition) is 0. The lowest BCUT2D eigenvalue weighted by Crippen LogP contribution is -2.11. The fraction of sp³-hybridized carbons (Fsp3) is 0.455. The summed E-state index contributed by atoms with van der Waals surface area (Å²) in [7, 11) is 0. The van der Waals surface area contributed by atoms with E-state index in [-0.39, 0.29) is 13.1 Å². The lowest BCUT2D eigenvalue weighted by atomic mass is 10.0. The number of hydrogen-bond acceptors (Lipinski definition) is 3. The highest BCUT2D eigenvalue weighted by Gasteiger charge is 2.17. The highest BCUT2D eigenvalue weighted by atomic mass is 17.3. The third-order valence-electron chi connectivity index (χ3n) is 2.45. The average molecular weight is 194 g/mol. The molecule has 1 atom stereocenters. The Bertz CT molecular complexity index is 316. The van der Waals surface area contributed by atoms with Crippen LogP contribution in [-0.2, 0) is 20.9 Å². The molecule has 0 spiro atoms. The Morgan fingerprint density at radius 3 is 2.79 bits per heavy atom. The molecule has 1 heterocycles. The lowest BCUT2D eigenvalue weighted by Gasteiger charge is -2.08. The molecule has 1 unspecified atom stereocenters. The van der Waals surface area contributed by atoms with Gasteiger partial charge >= 0.3 is 0 Å². The minimum atomic E-state index is -0.253. The van der Waals surface area contributed by atoms with Crippen molar-refractivity contribution in [1.29, 1.82) is 0 Å². The normalized spacial score (nSPS) is 21.4. The van der Waals surface area contributed by atoms with Crippen molar-refractivity contribution in [3.63, 3.8) is 0 Å². The molecule has 0 amide bonds. The number of benzene rings is 1. The first kappa shape index (κ1) is 9.65. The highest BCUT2D eigenvalue weighted by Crippen LogP contribution is 2.15. The second kappa shape index (κ2) is 4.09. The molecule has 0 bridgehead atoms. The quantitative estimate of drug-likeness (QED) is 0.675. The fourth-order valence-electron chi connectivity index (χ4n) is 1.45. The van der Waals surface area contributed by atoms with Crippen LogP contribution in [0, 0.1) is 13.8 Å². The van der Waals surface area contributed by atoms with Crippen LogP contribution in [0.4, 0.5) is 0 Å². The van der Waals surface area contributed by atoms with Crippen molar-refractivity contribution in [3.8, 4) is 0 Å². The molecule has 3 heteroatoms. The summed E-state index contributed by atoms with van der Waals surface area (Å²) in [6, 6.07) is 6.36. The molecule has 0 aromatic heterocycles. The topological polar surface area (TPSA) is 27.7 Å². The zero-order valence-electron chi connectivity index (χ0n) is 8.45. The lowest BCUT2D eigenvalue weighted by molar-refractivity contribution is -0.276.